The number of carboxylic acid groups (broad SMARTS) is 1. The van der Waals surface area contributed by atoms with Crippen molar-refractivity contribution in [1.82, 2.24) is 15.5 Å². The summed E-state index contributed by atoms with van der Waals surface area (Å²) in [5.41, 5.74) is 7.91. The highest BCUT2D eigenvalue weighted by atomic mass is 16.4. The van der Waals surface area contributed by atoms with Crippen LogP contribution in [0.15, 0.2) is 60.7 Å². The number of benzene rings is 2. The van der Waals surface area contributed by atoms with Crippen LogP contribution in [0, 0.1) is 5.92 Å². The van der Waals surface area contributed by atoms with E-state index < -0.39 is 47.9 Å². The van der Waals surface area contributed by atoms with Crippen molar-refractivity contribution in [3.63, 3.8) is 0 Å². The van der Waals surface area contributed by atoms with Gasteiger partial charge in [-0.05, 0) is 36.3 Å². The number of hydrogen-bond acceptors (Lipinski definition) is 5. The van der Waals surface area contributed by atoms with Crippen LogP contribution in [0.4, 0.5) is 0 Å². The molecule has 38 heavy (non-hydrogen) atoms. The van der Waals surface area contributed by atoms with Gasteiger partial charge in [-0.3, -0.25) is 14.4 Å². The smallest absolute Gasteiger partial charge is 0.326 e. The Hall–Kier alpha value is -3.72. The maximum atomic E-state index is 13.6. The summed E-state index contributed by atoms with van der Waals surface area (Å²) in [6.07, 6.45) is 2.09. The first-order valence-electron chi connectivity index (χ1n) is 13.2. The van der Waals surface area contributed by atoms with Crippen LogP contribution in [0.1, 0.15) is 44.2 Å². The molecule has 1 saturated heterocycles. The second kappa shape index (κ2) is 13.7. The van der Waals surface area contributed by atoms with E-state index in [0.717, 1.165) is 11.1 Å². The van der Waals surface area contributed by atoms with Gasteiger partial charge in [-0.2, -0.15) is 0 Å². The summed E-state index contributed by atoms with van der Waals surface area (Å²) in [5.74, 6) is -2.69. The number of carbonyl (C=O) groups excluding carboxylic acids is 3. The van der Waals surface area contributed by atoms with Crippen LogP contribution in [0.3, 0.4) is 0 Å². The van der Waals surface area contributed by atoms with Crippen molar-refractivity contribution in [2.75, 3.05) is 6.54 Å². The zero-order valence-corrected chi connectivity index (χ0v) is 22.0. The summed E-state index contributed by atoms with van der Waals surface area (Å²) < 4.78 is 0. The highest BCUT2D eigenvalue weighted by Gasteiger charge is 2.40. The van der Waals surface area contributed by atoms with E-state index >= 15 is 0 Å². The molecule has 9 nitrogen and oxygen atoms in total. The molecule has 1 fully saturated rings. The fraction of sp³-hybridized carbons (Fsp3) is 0.448. The number of likely N-dealkylation sites (tertiary alicyclic amines) is 1. The first-order valence-corrected chi connectivity index (χ1v) is 13.2. The van der Waals surface area contributed by atoms with Crippen LogP contribution in [-0.4, -0.2) is 64.4 Å². The second-order valence-electron chi connectivity index (χ2n) is 9.95. The highest BCUT2D eigenvalue weighted by Crippen LogP contribution is 2.21. The molecule has 9 heteroatoms. The van der Waals surface area contributed by atoms with E-state index in [1.807, 2.05) is 74.5 Å². The molecule has 0 spiro atoms. The molecule has 0 bridgehead atoms. The Bertz CT molecular complexity index is 1090. The van der Waals surface area contributed by atoms with Crippen LogP contribution in [0.2, 0.25) is 0 Å². The van der Waals surface area contributed by atoms with E-state index in [0.29, 0.717) is 32.2 Å². The van der Waals surface area contributed by atoms with Gasteiger partial charge in [0.05, 0.1) is 6.04 Å². The molecule has 1 aliphatic heterocycles. The molecule has 1 aliphatic rings. The number of aliphatic carboxylic acids is 1. The van der Waals surface area contributed by atoms with Gasteiger partial charge in [0.1, 0.15) is 18.1 Å². The Labute approximate surface area is 223 Å². The molecule has 0 aromatic heterocycles. The minimum Gasteiger partial charge on any atom is -0.480 e. The van der Waals surface area contributed by atoms with Gasteiger partial charge < -0.3 is 26.4 Å². The number of hydrogen-bond donors (Lipinski definition) is 4. The summed E-state index contributed by atoms with van der Waals surface area (Å²) in [5, 5.41) is 15.2. The number of amides is 3. The normalized spacial score (nSPS) is 18.2. The fourth-order valence-electron chi connectivity index (χ4n) is 4.70. The quantitative estimate of drug-likeness (QED) is 0.335. The maximum absolute atomic E-state index is 13.6. The molecule has 204 valence electrons. The number of carbonyl (C=O) groups is 4. The number of carboxylic acids is 1. The lowest BCUT2D eigenvalue weighted by Gasteiger charge is -2.31. The topological polar surface area (TPSA) is 142 Å². The lowest BCUT2D eigenvalue weighted by Crippen LogP contribution is -2.59. The highest BCUT2D eigenvalue weighted by molar-refractivity contribution is 5.94. The third kappa shape index (κ3) is 7.64. The molecular weight excluding hydrogens is 484 g/mol. The Morgan fingerprint density at radius 2 is 1.53 bits per heavy atom. The number of rotatable bonds is 12. The molecule has 5 atom stereocenters. The van der Waals surface area contributed by atoms with Crippen LogP contribution in [-0.2, 0) is 32.0 Å². The Balaban J connectivity index is 1.78. The Morgan fingerprint density at radius 1 is 0.947 bits per heavy atom. The molecule has 0 radical (unpaired) electrons. The second-order valence-corrected chi connectivity index (χ2v) is 9.95. The van der Waals surface area contributed by atoms with Gasteiger partial charge in [0, 0.05) is 13.0 Å². The van der Waals surface area contributed by atoms with Crippen molar-refractivity contribution in [3.05, 3.63) is 71.8 Å². The average Bonchev–Trinajstić information content (AvgIpc) is 3.42. The van der Waals surface area contributed by atoms with E-state index in [9.17, 15) is 24.3 Å². The molecule has 1 heterocycles. The van der Waals surface area contributed by atoms with Gasteiger partial charge in [-0.25, -0.2) is 4.79 Å². The predicted octanol–water partition coefficient (Wildman–Crippen LogP) is 1.89. The molecule has 5 unspecified atom stereocenters. The molecule has 2 aromatic rings. The SMILES string of the molecule is CCC(C)C(NC(=O)C(Cc1ccccc1)NC(=O)C(N)Cc1ccccc1)C(=O)N1CCCC1C(=O)O. The van der Waals surface area contributed by atoms with Gasteiger partial charge in [0.2, 0.25) is 17.7 Å². The number of nitrogens with zero attached hydrogens (tertiary/aromatic N) is 1. The molecule has 0 saturated carbocycles. The van der Waals surface area contributed by atoms with Crippen molar-refractivity contribution in [3.8, 4) is 0 Å². The van der Waals surface area contributed by atoms with Crippen LogP contribution < -0.4 is 16.4 Å². The standard InChI is InChI=1S/C29H38N4O5/c1-3-19(2)25(28(36)33-16-10-15-24(33)29(37)38)32-27(35)23(18-21-13-8-5-9-14-21)31-26(34)22(30)17-20-11-6-4-7-12-20/h4-9,11-14,19,22-25H,3,10,15-18,30H2,1-2H3,(H,31,34)(H,32,35)(H,37,38). The van der Waals surface area contributed by atoms with Crippen molar-refractivity contribution in [1.29, 1.82) is 0 Å². The van der Waals surface area contributed by atoms with Gasteiger partial charge in [0.25, 0.3) is 0 Å². The van der Waals surface area contributed by atoms with Gasteiger partial charge >= 0.3 is 5.97 Å². The molecule has 2 aromatic carbocycles. The first-order chi connectivity index (χ1) is 18.2. The summed E-state index contributed by atoms with van der Waals surface area (Å²) in [7, 11) is 0. The summed E-state index contributed by atoms with van der Waals surface area (Å²) in [6, 6.07) is 15.0. The predicted molar refractivity (Wildman–Crippen MR) is 144 cm³/mol. The Kier molecular flexibility index (Phi) is 10.4. The van der Waals surface area contributed by atoms with E-state index in [4.69, 9.17) is 5.73 Å². The summed E-state index contributed by atoms with van der Waals surface area (Å²) in [4.78, 5) is 53.1. The summed E-state index contributed by atoms with van der Waals surface area (Å²) in [6.45, 7) is 4.08. The zero-order valence-electron chi connectivity index (χ0n) is 22.0. The van der Waals surface area contributed by atoms with Gasteiger partial charge in [0.15, 0.2) is 0 Å². The molecule has 0 aliphatic carbocycles. The van der Waals surface area contributed by atoms with Crippen LogP contribution in [0.5, 0.6) is 0 Å². The van der Waals surface area contributed by atoms with Crippen molar-refractivity contribution >= 4 is 23.7 Å². The lowest BCUT2D eigenvalue weighted by atomic mass is 9.96. The zero-order chi connectivity index (χ0) is 27.7. The van der Waals surface area contributed by atoms with Gasteiger partial charge in [-0.1, -0.05) is 80.9 Å². The average molecular weight is 523 g/mol. The summed E-state index contributed by atoms with van der Waals surface area (Å²) >= 11 is 0. The lowest BCUT2D eigenvalue weighted by molar-refractivity contribution is -0.150. The first kappa shape index (κ1) is 28.8. The monoisotopic (exact) mass is 522 g/mol. The maximum Gasteiger partial charge on any atom is 0.326 e. The number of nitrogens with two attached hydrogens (primary N) is 1. The van der Waals surface area contributed by atoms with Crippen LogP contribution in [0.25, 0.3) is 0 Å². The Morgan fingerprint density at radius 3 is 2.08 bits per heavy atom. The largest absolute Gasteiger partial charge is 0.480 e. The third-order valence-electron chi connectivity index (χ3n) is 7.15. The van der Waals surface area contributed by atoms with E-state index in [1.165, 1.54) is 4.90 Å². The third-order valence-corrected chi connectivity index (χ3v) is 7.15. The van der Waals surface area contributed by atoms with E-state index in [1.54, 1.807) is 0 Å². The van der Waals surface area contributed by atoms with Gasteiger partial charge in [-0.15, -0.1) is 0 Å². The van der Waals surface area contributed by atoms with Crippen molar-refractivity contribution in [2.24, 2.45) is 11.7 Å². The molecule has 3 rings (SSSR count). The van der Waals surface area contributed by atoms with Crippen molar-refractivity contribution < 1.29 is 24.3 Å². The molecule has 5 N–H and O–H groups in total. The number of nitrogens with one attached hydrogen (secondary N) is 2. The van der Waals surface area contributed by atoms with Crippen molar-refractivity contribution in [2.45, 2.75) is 70.1 Å². The minimum atomic E-state index is -1.05. The molecule has 3 amide bonds. The fourth-order valence-corrected chi connectivity index (χ4v) is 4.70. The minimum absolute atomic E-state index is 0.208. The molecular formula is C29H38N4O5. The van der Waals surface area contributed by atoms with E-state index in [2.05, 4.69) is 10.6 Å². The van der Waals surface area contributed by atoms with Crippen LogP contribution >= 0.6 is 0 Å². The van der Waals surface area contributed by atoms with E-state index in [-0.39, 0.29) is 12.3 Å².